The van der Waals surface area contributed by atoms with Crippen LogP contribution < -0.4 is 0 Å². The Morgan fingerprint density at radius 1 is 0.955 bits per heavy atom. The first-order valence-electron chi connectivity index (χ1n) is 6.07. The molecule has 0 aliphatic heterocycles. The molecule has 0 saturated carbocycles. The molecule has 0 unspecified atom stereocenters. The van der Waals surface area contributed by atoms with Crippen LogP contribution in [0.3, 0.4) is 0 Å². The molecule has 116 valence electrons. The number of carbonyl (C=O) groups excluding carboxylic acids is 1. The third kappa shape index (κ3) is 2.93. The first-order valence-corrected chi connectivity index (χ1v) is 6.07. The summed E-state index contributed by atoms with van der Waals surface area (Å²) in [5.41, 5.74) is -0.355. The van der Waals surface area contributed by atoms with Gasteiger partial charge in [-0.05, 0) is 19.1 Å². The van der Waals surface area contributed by atoms with Crippen molar-refractivity contribution in [2.75, 3.05) is 0 Å². The zero-order chi connectivity index (χ0) is 16.4. The van der Waals surface area contributed by atoms with Gasteiger partial charge in [0.1, 0.15) is 6.61 Å². The molecule has 0 fully saturated rings. The molecule has 0 N–H and O–H groups in total. The van der Waals surface area contributed by atoms with Gasteiger partial charge >= 0.3 is 5.97 Å². The maximum atomic E-state index is 13.4. The highest BCUT2D eigenvalue weighted by molar-refractivity contribution is 5.89. The standard InChI is InChI=1S/C15H9F5O2/c1-7-3-2-4-8(5-7)15(21)22-6-9-10(16)12(18)14(20)13(19)11(9)17/h2-5H,6H2,1H3. The van der Waals surface area contributed by atoms with Crippen LogP contribution >= 0.6 is 0 Å². The number of hydrogen-bond acceptors (Lipinski definition) is 2. The Morgan fingerprint density at radius 3 is 2.05 bits per heavy atom. The lowest BCUT2D eigenvalue weighted by atomic mass is 10.1. The van der Waals surface area contributed by atoms with Crippen LogP contribution in [0.15, 0.2) is 24.3 Å². The van der Waals surface area contributed by atoms with E-state index in [0.717, 1.165) is 5.56 Å². The van der Waals surface area contributed by atoms with E-state index in [1.165, 1.54) is 12.1 Å². The zero-order valence-corrected chi connectivity index (χ0v) is 11.2. The van der Waals surface area contributed by atoms with Gasteiger partial charge in [-0.3, -0.25) is 0 Å². The minimum absolute atomic E-state index is 0.101. The van der Waals surface area contributed by atoms with Crippen molar-refractivity contribution in [1.82, 2.24) is 0 Å². The van der Waals surface area contributed by atoms with E-state index in [1.54, 1.807) is 19.1 Å². The molecule has 0 aromatic heterocycles. The van der Waals surface area contributed by atoms with E-state index in [-0.39, 0.29) is 5.56 Å². The highest BCUT2D eigenvalue weighted by Gasteiger charge is 2.26. The average Bonchev–Trinajstić information content (AvgIpc) is 2.50. The quantitative estimate of drug-likeness (QED) is 0.370. The van der Waals surface area contributed by atoms with E-state index in [1.807, 2.05) is 0 Å². The molecule has 0 amide bonds. The molecule has 0 aliphatic rings. The lowest BCUT2D eigenvalue weighted by Gasteiger charge is -2.09. The van der Waals surface area contributed by atoms with Crippen molar-refractivity contribution in [2.24, 2.45) is 0 Å². The highest BCUT2D eigenvalue weighted by Crippen LogP contribution is 2.23. The molecular weight excluding hydrogens is 307 g/mol. The van der Waals surface area contributed by atoms with Crippen LogP contribution in [0.5, 0.6) is 0 Å². The molecule has 2 aromatic carbocycles. The zero-order valence-electron chi connectivity index (χ0n) is 11.2. The van der Waals surface area contributed by atoms with Crippen LogP contribution in [0.2, 0.25) is 0 Å². The smallest absolute Gasteiger partial charge is 0.338 e. The van der Waals surface area contributed by atoms with Crippen molar-refractivity contribution < 1.29 is 31.5 Å². The summed E-state index contributed by atoms with van der Waals surface area (Å²) in [6.45, 7) is 0.638. The number of carbonyl (C=O) groups is 1. The first-order chi connectivity index (χ1) is 10.3. The Kier molecular flexibility index (Phi) is 4.44. The van der Waals surface area contributed by atoms with Gasteiger partial charge in [-0.1, -0.05) is 17.7 Å². The van der Waals surface area contributed by atoms with Gasteiger partial charge in [-0.15, -0.1) is 0 Å². The SMILES string of the molecule is Cc1cccc(C(=O)OCc2c(F)c(F)c(F)c(F)c2F)c1. The van der Waals surface area contributed by atoms with Crippen LogP contribution in [0, 0.1) is 36.0 Å². The topological polar surface area (TPSA) is 26.3 Å². The summed E-state index contributed by atoms with van der Waals surface area (Å²) in [4.78, 5) is 11.7. The monoisotopic (exact) mass is 316 g/mol. The van der Waals surface area contributed by atoms with Crippen molar-refractivity contribution in [3.63, 3.8) is 0 Å². The third-order valence-corrected chi connectivity index (χ3v) is 2.90. The van der Waals surface area contributed by atoms with E-state index in [4.69, 9.17) is 0 Å². The molecule has 7 heteroatoms. The molecule has 22 heavy (non-hydrogen) atoms. The Morgan fingerprint density at radius 2 is 1.50 bits per heavy atom. The maximum absolute atomic E-state index is 13.4. The molecule has 2 aromatic rings. The van der Waals surface area contributed by atoms with Crippen molar-refractivity contribution >= 4 is 5.97 Å². The predicted octanol–water partition coefficient (Wildman–Crippen LogP) is 4.05. The minimum Gasteiger partial charge on any atom is -0.457 e. The first kappa shape index (κ1) is 15.9. The van der Waals surface area contributed by atoms with Crippen LogP contribution in [-0.4, -0.2) is 5.97 Å². The largest absolute Gasteiger partial charge is 0.457 e. The van der Waals surface area contributed by atoms with Crippen LogP contribution in [0.1, 0.15) is 21.5 Å². The number of hydrogen-bond donors (Lipinski definition) is 0. The van der Waals surface area contributed by atoms with Crippen molar-refractivity contribution in [3.05, 3.63) is 70.0 Å². The Bertz CT molecular complexity index is 714. The van der Waals surface area contributed by atoms with Gasteiger partial charge < -0.3 is 4.74 Å². The van der Waals surface area contributed by atoms with Gasteiger partial charge in [0.25, 0.3) is 0 Å². The molecule has 2 nitrogen and oxygen atoms in total. The summed E-state index contributed by atoms with van der Waals surface area (Å²) >= 11 is 0. The van der Waals surface area contributed by atoms with Gasteiger partial charge in [-0.25, -0.2) is 26.7 Å². The predicted molar refractivity (Wildman–Crippen MR) is 66.5 cm³/mol. The summed E-state index contributed by atoms with van der Waals surface area (Å²) in [6, 6.07) is 6.12. The normalized spacial score (nSPS) is 10.6. The van der Waals surface area contributed by atoms with Crippen LogP contribution in [-0.2, 0) is 11.3 Å². The maximum Gasteiger partial charge on any atom is 0.338 e. The molecule has 0 saturated heterocycles. The van der Waals surface area contributed by atoms with Crippen molar-refractivity contribution in [2.45, 2.75) is 13.5 Å². The van der Waals surface area contributed by atoms with Gasteiger partial charge in [0, 0.05) is 0 Å². The fraction of sp³-hybridized carbons (Fsp3) is 0.133. The van der Waals surface area contributed by atoms with Crippen LogP contribution in [0.4, 0.5) is 22.0 Å². The fourth-order valence-electron chi connectivity index (χ4n) is 1.77. The van der Waals surface area contributed by atoms with E-state index >= 15 is 0 Å². The summed E-state index contributed by atoms with van der Waals surface area (Å²) in [6.07, 6.45) is 0. The van der Waals surface area contributed by atoms with Gasteiger partial charge in [0.2, 0.25) is 5.82 Å². The van der Waals surface area contributed by atoms with Crippen LogP contribution in [0.25, 0.3) is 0 Å². The van der Waals surface area contributed by atoms with Crippen molar-refractivity contribution in [3.8, 4) is 0 Å². The average molecular weight is 316 g/mol. The number of ether oxygens (including phenoxy) is 1. The number of esters is 1. The second-order valence-electron chi connectivity index (χ2n) is 4.49. The van der Waals surface area contributed by atoms with Gasteiger partial charge in [-0.2, -0.15) is 0 Å². The number of benzene rings is 2. The minimum atomic E-state index is -2.26. The summed E-state index contributed by atoms with van der Waals surface area (Å²) < 4.78 is 70.3. The van der Waals surface area contributed by atoms with Gasteiger partial charge in [0.05, 0.1) is 11.1 Å². The Labute approximate surface area is 122 Å². The lowest BCUT2D eigenvalue weighted by molar-refractivity contribution is 0.0462. The number of aryl methyl sites for hydroxylation is 1. The molecule has 0 heterocycles. The molecule has 0 radical (unpaired) electrons. The molecule has 0 aliphatic carbocycles. The van der Waals surface area contributed by atoms with Gasteiger partial charge in [0.15, 0.2) is 23.3 Å². The second kappa shape index (κ2) is 6.13. The van der Waals surface area contributed by atoms with E-state index in [2.05, 4.69) is 4.74 Å². The molecule has 0 atom stereocenters. The molecular formula is C15H9F5O2. The van der Waals surface area contributed by atoms with E-state index in [9.17, 15) is 26.7 Å². The highest BCUT2D eigenvalue weighted by atomic mass is 19.2. The number of rotatable bonds is 3. The van der Waals surface area contributed by atoms with E-state index < -0.39 is 47.2 Å². The number of halogens is 5. The molecule has 0 bridgehead atoms. The van der Waals surface area contributed by atoms with Crippen molar-refractivity contribution in [1.29, 1.82) is 0 Å². The molecule has 0 spiro atoms. The fourth-order valence-corrected chi connectivity index (χ4v) is 1.77. The van der Waals surface area contributed by atoms with E-state index in [0.29, 0.717) is 0 Å². The molecule has 2 rings (SSSR count). The third-order valence-electron chi connectivity index (χ3n) is 2.90. The second-order valence-corrected chi connectivity index (χ2v) is 4.49. The Hall–Kier alpha value is -2.44. The lowest BCUT2D eigenvalue weighted by Crippen LogP contribution is -2.11. The summed E-state index contributed by atoms with van der Waals surface area (Å²) in [7, 11) is 0. The summed E-state index contributed by atoms with van der Waals surface area (Å²) in [5, 5.41) is 0. The summed E-state index contributed by atoms with van der Waals surface area (Å²) in [5.74, 6) is -11.4. The Balaban J connectivity index is 2.24.